The van der Waals surface area contributed by atoms with Gasteiger partial charge in [0.05, 0.1) is 19.9 Å². The Balaban J connectivity index is 1.99. The number of nitrogens with zero attached hydrogens (tertiary/aromatic N) is 2. The van der Waals surface area contributed by atoms with E-state index in [0.717, 1.165) is 22.7 Å². The Kier molecular flexibility index (Phi) is 5.05. The molecule has 0 spiro atoms. The van der Waals surface area contributed by atoms with Crippen molar-refractivity contribution in [1.29, 1.82) is 0 Å². The lowest BCUT2D eigenvalue weighted by Crippen LogP contribution is -2.05. The maximum atomic E-state index is 11.9. The fourth-order valence-corrected chi connectivity index (χ4v) is 2.63. The maximum absolute atomic E-state index is 11.9. The number of benzene rings is 2. The first-order valence-electron chi connectivity index (χ1n) is 7.67. The number of hydrogen-bond acceptors (Lipinski definition) is 4. The van der Waals surface area contributed by atoms with Crippen molar-refractivity contribution in [2.24, 2.45) is 0 Å². The Morgan fingerprint density at radius 2 is 1.76 bits per heavy atom. The van der Waals surface area contributed by atoms with Gasteiger partial charge in [-0.2, -0.15) is 5.10 Å². The van der Waals surface area contributed by atoms with Crippen molar-refractivity contribution < 1.29 is 14.3 Å². The van der Waals surface area contributed by atoms with Gasteiger partial charge in [0.2, 0.25) is 0 Å². The largest absolute Gasteiger partial charge is 0.497 e. The van der Waals surface area contributed by atoms with Crippen molar-refractivity contribution in [3.63, 3.8) is 0 Å². The summed E-state index contributed by atoms with van der Waals surface area (Å²) in [6.45, 7) is 0. The van der Waals surface area contributed by atoms with E-state index in [2.05, 4.69) is 5.10 Å². The second-order valence-electron chi connectivity index (χ2n) is 5.43. The molecule has 6 heteroatoms. The SMILES string of the molecule is COC(=O)c1cc(Cc2ccc(OC)cc2)n(-c2ccc(Cl)cc2)n1. The zero-order valence-corrected chi connectivity index (χ0v) is 14.7. The number of methoxy groups -OCH3 is 2. The first-order valence-corrected chi connectivity index (χ1v) is 8.04. The minimum atomic E-state index is -0.469. The van der Waals surface area contributed by atoms with E-state index in [1.54, 1.807) is 30.0 Å². The van der Waals surface area contributed by atoms with E-state index in [1.165, 1.54) is 7.11 Å². The highest BCUT2D eigenvalue weighted by atomic mass is 35.5. The van der Waals surface area contributed by atoms with Gasteiger partial charge in [0.25, 0.3) is 0 Å². The minimum Gasteiger partial charge on any atom is -0.497 e. The van der Waals surface area contributed by atoms with E-state index in [1.807, 2.05) is 36.4 Å². The molecule has 0 aliphatic carbocycles. The molecule has 2 aromatic carbocycles. The summed E-state index contributed by atoms with van der Waals surface area (Å²) in [7, 11) is 2.97. The molecule has 0 atom stereocenters. The molecular weight excluding hydrogens is 340 g/mol. The topological polar surface area (TPSA) is 53.4 Å². The summed E-state index contributed by atoms with van der Waals surface area (Å²) in [4.78, 5) is 11.9. The molecule has 0 N–H and O–H groups in total. The van der Waals surface area contributed by atoms with Gasteiger partial charge < -0.3 is 9.47 Å². The summed E-state index contributed by atoms with van der Waals surface area (Å²) in [5.41, 5.74) is 3.03. The highest BCUT2D eigenvalue weighted by Crippen LogP contribution is 2.20. The van der Waals surface area contributed by atoms with Gasteiger partial charge in [-0.1, -0.05) is 23.7 Å². The van der Waals surface area contributed by atoms with Crippen molar-refractivity contribution in [2.45, 2.75) is 6.42 Å². The first-order chi connectivity index (χ1) is 12.1. The molecule has 5 nitrogen and oxygen atoms in total. The molecule has 0 aliphatic heterocycles. The fourth-order valence-electron chi connectivity index (χ4n) is 2.51. The summed E-state index contributed by atoms with van der Waals surface area (Å²) in [6.07, 6.45) is 0.608. The standard InChI is InChI=1S/C19H17ClN2O3/c1-24-17-9-3-13(4-10-17)11-16-12-18(19(23)25-2)21-22(16)15-7-5-14(20)6-8-15/h3-10,12H,11H2,1-2H3. The molecule has 0 aliphatic rings. The van der Waals surface area contributed by atoms with Crippen molar-refractivity contribution in [3.05, 3.63) is 76.6 Å². The van der Waals surface area contributed by atoms with Crippen LogP contribution in [0.4, 0.5) is 0 Å². The lowest BCUT2D eigenvalue weighted by Gasteiger charge is -2.08. The smallest absolute Gasteiger partial charge is 0.358 e. The van der Waals surface area contributed by atoms with E-state index in [9.17, 15) is 4.79 Å². The Morgan fingerprint density at radius 3 is 2.36 bits per heavy atom. The second-order valence-corrected chi connectivity index (χ2v) is 5.86. The second kappa shape index (κ2) is 7.40. The van der Waals surface area contributed by atoms with Crippen LogP contribution in [0.3, 0.4) is 0 Å². The summed E-state index contributed by atoms with van der Waals surface area (Å²) in [5.74, 6) is 0.328. The van der Waals surface area contributed by atoms with Crippen LogP contribution in [0.5, 0.6) is 5.75 Å². The van der Waals surface area contributed by atoms with Gasteiger partial charge in [-0.3, -0.25) is 0 Å². The van der Waals surface area contributed by atoms with Gasteiger partial charge in [0, 0.05) is 17.1 Å². The number of ether oxygens (including phenoxy) is 2. The van der Waals surface area contributed by atoms with Crippen LogP contribution in [0.2, 0.25) is 5.02 Å². The van der Waals surface area contributed by atoms with E-state index in [-0.39, 0.29) is 5.69 Å². The van der Waals surface area contributed by atoms with E-state index < -0.39 is 5.97 Å². The molecule has 0 saturated heterocycles. The van der Waals surface area contributed by atoms with Crippen LogP contribution in [0.25, 0.3) is 5.69 Å². The van der Waals surface area contributed by atoms with Gasteiger partial charge >= 0.3 is 5.97 Å². The van der Waals surface area contributed by atoms with Crippen LogP contribution < -0.4 is 4.74 Å². The normalized spacial score (nSPS) is 10.5. The number of carbonyl (C=O) groups is 1. The lowest BCUT2D eigenvalue weighted by molar-refractivity contribution is 0.0593. The predicted molar refractivity (Wildman–Crippen MR) is 95.7 cm³/mol. The molecule has 0 saturated carbocycles. The fraction of sp³-hybridized carbons (Fsp3) is 0.158. The van der Waals surface area contributed by atoms with Gasteiger partial charge in [-0.15, -0.1) is 0 Å². The van der Waals surface area contributed by atoms with Gasteiger partial charge in [-0.05, 0) is 48.0 Å². The van der Waals surface area contributed by atoms with Crippen molar-refractivity contribution >= 4 is 17.6 Å². The predicted octanol–water partition coefficient (Wildman–Crippen LogP) is 3.91. The number of rotatable bonds is 5. The van der Waals surface area contributed by atoms with Crippen molar-refractivity contribution in [1.82, 2.24) is 9.78 Å². The van der Waals surface area contributed by atoms with Crippen LogP contribution in [0.15, 0.2) is 54.6 Å². The van der Waals surface area contributed by atoms with Gasteiger partial charge in [0.15, 0.2) is 5.69 Å². The van der Waals surface area contributed by atoms with Crippen LogP contribution in [-0.4, -0.2) is 30.0 Å². The molecule has 0 unspecified atom stereocenters. The summed E-state index contributed by atoms with van der Waals surface area (Å²) < 4.78 is 11.7. The van der Waals surface area contributed by atoms with Crippen molar-refractivity contribution in [2.75, 3.05) is 14.2 Å². The zero-order valence-electron chi connectivity index (χ0n) is 13.9. The summed E-state index contributed by atoms with van der Waals surface area (Å²) >= 11 is 5.96. The van der Waals surface area contributed by atoms with Crippen molar-refractivity contribution in [3.8, 4) is 11.4 Å². The maximum Gasteiger partial charge on any atom is 0.358 e. The molecule has 0 radical (unpaired) electrons. The third-order valence-electron chi connectivity index (χ3n) is 3.79. The third kappa shape index (κ3) is 3.83. The zero-order chi connectivity index (χ0) is 17.8. The number of carbonyl (C=O) groups excluding carboxylic acids is 1. The highest BCUT2D eigenvalue weighted by molar-refractivity contribution is 6.30. The average Bonchev–Trinajstić information content (AvgIpc) is 3.06. The lowest BCUT2D eigenvalue weighted by atomic mass is 10.1. The number of esters is 1. The molecule has 0 amide bonds. The van der Waals surface area contributed by atoms with Gasteiger partial charge in [0.1, 0.15) is 5.75 Å². The Morgan fingerprint density at radius 1 is 1.08 bits per heavy atom. The Hall–Kier alpha value is -2.79. The van der Waals surface area contributed by atoms with Gasteiger partial charge in [-0.25, -0.2) is 9.48 Å². The molecule has 1 aromatic heterocycles. The molecule has 0 bridgehead atoms. The number of hydrogen-bond donors (Lipinski definition) is 0. The third-order valence-corrected chi connectivity index (χ3v) is 4.05. The van der Waals surface area contributed by atoms with Crippen LogP contribution in [0.1, 0.15) is 21.7 Å². The molecule has 3 rings (SSSR count). The Bertz CT molecular complexity index is 871. The van der Waals surface area contributed by atoms with Crippen LogP contribution >= 0.6 is 11.6 Å². The summed E-state index contributed by atoms with van der Waals surface area (Å²) in [5, 5.41) is 5.02. The molecule has 128 valence electrons. The molecule has 0 fully saturated rings. The number of halogens is 1. The molecule has 1 heterocycles. The highest BCUT2D eigenvalue weighted by Gasteiger charge is 2.16. The monoisotopic (exact) mass is 356 g/mol. The average molecular weight is 357 g/mol. The first kappa shape index (κ1) is 17.0. The Labute approximate surface area is 150 Å². The summed E-state index contributed by atoms with van der Waals surface area (Å²) in [6, 6.07) is 16.8. The van der Waals surface area contributed by atoms with E-state index >= 15 is 0 Å². The van der Waals surface area contributed by atoms with Crippen LogP contribution in [-0.2, 0) is 11.2 Å². The molecular formula is C19H17ClN2O3. The number of aromatic nitrogens is 2. The quantitative estimate of drug-likeness (QED) is 0.650. The van der Waals surface area contributed by atoms with E-state index in [0.29, 0.717) is 11.4 Å². The van der Waals surface area contributed by atoms with E-state index in [4.69, 9.17) is 21.1 Å². The minimum absolute atomic E-state index is 0.265. The molecule has 3 aromatic rings. The van der Waals surface area contributed by atoms with Crippen LogP contribution in [0, 0.1) is 0 Å². The molecule has 25 heavy (non-hydrogen) atoms.